The van der Waals surface area contributed by atoms with E-state index in [2.05, 4.69) is 58.1 Å². The van der Waals surface area contributed by atoms with E-state index in [1.807, 2.05) is 0 Å². The molecule has 1 aromatic rings. The summed E-state index contributed by atoms with van der Waals surface area (Å²) in [5.41, 5.74) is 2.16. The summed E-state index contributed by atoms with van der Waals surface area (Å²) in [6, 6.07) is 8.47. The second-order valence-electron chi connectivity index (χ2n) is 5.08. The molecule has 3 heteroatoms. The van der Waals surface area contributed by atoms with Crippen molar-refractivity contribution in [2.24, 2.45) is 0 Å². The SMILES string of the molecule is CO[Si](C)(C)OC(C)(C)c1ccc(C)cc1. The zero-order chi connectivity index (χ0) is 12.4. The fraction of sp³-hybridized carbons (Fsp3) is 0.538. The number of rotatable bonds is 4. The van der Waals surface area contributed by atoms with Crippen LogP contribution in [-0.4, -0.2) is 15.7 Å². The molecular weight excluding hydrogens is 216 g/mol. The number of hydrogen-bond donors (Lipinski definition) is 0. The van der Waals surface area contributed by atoms with Gasteiger partial charge < -0.3 is 8.85 Å². The molecule has 0 heterocycles. The lowest BCUT2D eigenvalue weighted by atomic mass is 9.98. The normalized spacial score (nSPS) is 12.9. The highest BCUT2D eigenvalue weighted by Gasteiger charge is 2.33. The molecule has 0 fully saturated rings. The van der Waals surface area contributed by atoms with E-state index >= 15 is 0 Å². The Morgan fingerprint density at radius 2 is 1.56 bits per heavy atom. The Morgan fingerprint density at radius 1 is 1.06 bits per heavy atom. The van der Waals surface area contributed by atoms with Gasteiger partial charge in [0.15, 0.2) is 0 Å². The summed E-state index contributed by atoms with van der Waals surface area (Å²) < 4.78 is 11.6. The van der Waals surface area contributed by atoms with E-state index < -0.39 is 8.56 Å². The van der Waals surface area contributed by atoms with E-state index in [0.29, 0.717) is 0 Å². The fourth-order valence-electron chi connectivity index (χ4n) is 1.67. The molecule has 1 aromatic carbocycles. The molecule has 0 saturated heterocycles. The summed E-state index contributed by atoms with van der Waals surface area (Å²) in [6.45, 7) is 10.4. The molecule has 2 nitrogen and oxygen atoms in total. The van der Waals surface area contributed by atoms with Gasteiger partial charge in [-0.05, 0) is 39.4 Å². The van der Waals surface area contributed by atoms with Crippen molar-refractivity contribution in [2.75, 3.05) is 7.11 Å². The van der Waals surface area contributed by atoms with Gasteiger partial charge in [-0.15, -0.1) is 0 Å². The average Bonchev–Trinajstić information content (AvgIpc) is 2.17. The van der Waals surface area contributed by atoms with Gasteiger partial charge in [-0.1, -0.05) is 29.8 Å². The summed E-state index contributed by atoms with van der Waals surface area (Å²) in [6.07, 6.45) is 0. The zero-order valence-electron chi connectivity index (χ0n) is 11.1. The molecule has 1 rings (SSSR count). The Kier molecular flexibility index (Phi) is 3.94. The van der Waals surface area contributed by atoms with E-state index in [4.69, 9.17) is 8.85 Å². The molecule has 0 radical (unpaired) electrons. The highest BCUT2D eigenvalue weighted by atomic mass is 28.4. The van der Waals surface area contributed by atoms with Crippen LogP contribution in [-0.2, 0) is 14.5 Å². The van der Waals surface area contributed by atoms with Crippen molar-refractivity contribution in [3.63, 3.8) is 0 Å². The molecule has 0 unspecified atom stereocenters. The van der Waals surface area contributed by atoms with Crippen molar-refractivity contribution in [3.8, 4) is 0 Å². The molecule has 90 valence electrons. The zero-order valence-corrected chi connectivity index (χ0v) is 12.1. The van der Waals surface area contributed by atoms with Crippen LogP contribution in [0.25, 0.3) is 0 Å². The van der Waals surface area contributed by atoms with Crippen LogP contribution in [0.2, 0.25) is 13.1 Å². The minimum absolute atomic E-state index is 0.292. The van der Waals surface area contributed by atoms with Crippen LogP contribution >= 0.6 is 0 Å². The topological polar surface area (TPSA) is 18.5 Å². The van der Waals surface area contributed by atoms with Crippen LogP contribution in [0.15, 0.2) is 24.3 Å². The number of hydrogen-bond acceptors (Lipinski definition) is 2. The molecule has 0 atom stereocenters. The Labute approximate surface area is 99.8 Å². The monoisotopic (exact) mass is 238 g/mol. The molecule has 0 aliphatic carbocycles. The predicted octanol–water partition coefficient (Wildman–Crippen LogP) is 3.59. The van der Waals surface area contributed by atoms with Gasteiger partial charge >= 0.3 is 8.56 Å². The van der Waals surface area contributed by atoms with Crippen LogP contribution in [0, 0.1) is 6.92 Å². The lowest BCUT2D eigenvalue weighted by molar-refractivity contribution is 0.0610. The molecule has 0 N–H and O–H groups in total. The highest BCUT2D eigenvalue weighted by molar-refractivity contribution is 6.64. The van der Waals surface area contributed by atoms with Gasteiger partial charge in [0.05, 0.1) is 5.60 Å². The molecule has 0 aromatic heterocycles. The van der Waals surface area contributed by atoms with E-state index in [-0.39, 0.29) is 5.60 Å². The summed E-state index contributed by atoms with van der Waals surface area (Å²) in [5.74, 6) is 0. The maximum atomic E-state index is 6.12. The van der Waals surface area contributed by atoms with Gasteiger partial charge in [0.25, 0.3) is 0 Å². The van der Waals surface area contributed by atoms with Crippen LogP contribution < -0.4 is 0 Å². The minimum Gasteiger partial charge on any atom is -0.398 e. The van der Waals surface area contributed by atoms with Gasteiger partial charge in [-0.25, -0.2) is 0 Å². The standard InChI is InChI=1S/C13H22O2Si/c1-11-7-9-12(10-8-11)13(2,3)15-16(5,6)14-4/h7-10H,1-6H3. The van der Waals surface area contributed by atoms with E-state index in [1.54, 1.807) is 7.11 Å². The first-order valence-electron chi connectivity index (χ1n) is 5.59. The van der Waals surface area contributed by atoms with E-state index in [9.17, 15) is 0 Å². The van der Waals surface area contributed by atoms with Crippen LogP contribution in [0.4, 0.5) is 0 Å². The van der Waals surface area contributed by atoms with Crippen molar-refractivity contribution >= 4 is 8.56 Å². The molecule has 0 spiro atoms. The van der Waals surface area contributed by atoms with Crippen molar-refractivity contribution in [3.05, 3.63) is 35.4 Å². The third-order valence-corrected chi connectivity index (χ3v) is 4.72. The first-order chi connectivity index (χ1) is 7.27. The third-order valence-electron chi connectivity index (χ3n) is 2.74. The van der Waals surface area contributed by atoms with Gasteiger partial charge in [0.2, 0.25) is 0 Å². The molecule has 0 bridgehead atoms. The molecule has 0 amide bonds. The maximum absolute atomic E-state index is 6.12. The Hall–Kier alpha value is -0.643. The Bertz CT molecular complexity index is 341. The quantitative estimate of drug-likeness (QED) is 0.746. The number of benzene rings is 1. The fourth-order valence-corrected chi connectivity index (χ4v) is 3.10. The lowest BCUT2D eigenvalue weighted by Gasteiger charge is -2.34. The van der Waals surface area contributed by atoms with Gasteiger partial charge in [0, 0.05) is 7.11 Å². The molecule has 0 aliphatic rings. The molecular formula is C13H22O2Si. The highest BCUT2D eigenvalue weighted by Crippen LogP contribution is 2.28. The Morgan fingerprint density at radius 3 is 2.00 bits per heavy atom. The smallest absolute Gasteiger partial charge is 0.332 e. The summed E-state index contributed by atoms with van der Waals surface area (Å²) in [5, 5.41) is 0. The summed E-state index contributed by atoms with van der Waals surface area (Å²) in [7, 11) is -0.289. The lowest BCUT2D eigenvalue weighted by Crippen LogP contribution is -2.41. The largest absolute Gasteiger partial charge is 0.398 e. The van der Waals surface area contributed by atoms with Crippen molar-refractivity contribution < 1.29 is 8.85 Å². The van der Waals surface area contributed by atoms with Crippen molar-refractivity contribution in [2.45, 2.75) is 39.5 Å². The first kappa shape index (κ1) is 13.4. The van der Waals surface area contributed by atoms with Crippen molar-refractivity contribution in [1.82, 2.24) is 0 Å². The molecule has 16 heavy (non-hydrogen) atoms. The summed E-state index contributed by atoms with van der Waals surface area (Å²) in [4.78, 5) is 0. The van der Waals surface area contributed by atoms with E-state index in [1.165, 1.54) is 11.1 Å². The Balaban J connectivity index is 2.89. The number of aryl methyl sites for hydroxylation is 1. The van der Waals surface area contributed by atoms with Gasteiger partial charge in [-0.2, -0.15) is 0 Å². The maximum Gasteiger partial charge on any atom is 0.332 e. The molecule has 0 aliphatic heterocycles. The van der Waals surface area contributed by atoms with Gasteiger partial charge in [-0.3, -0.25) is 0 Å². The van der Waals surface area contributed by atoms with Crippen LogP contribution in [0.1, 0.15) is 25.0 Å². The average molecular weight is 238 g/mol. The van der Waals surface area contributed by atoms with Crippen LogP contribution in [0.3, 0.4) is 0 Å². The summed E-state index contributed by atoms with van der Waals surface area (Å²) >= 11 is 0. The predicted molar refractivity (Wildman–Crippen MR) is 69.8 cm³/mol. The third kappa shape index (κ3) is 3.44. The minimum atomic E-state index is -2.01. The molecule has 0 saturated carbocycles. The first-order valence-corrected chi connectivity index (χ1v) is 8.41. The van der Waals surface area contributed by atoms with Gasteiger partial charge in [0.1, 0.15) is 0 Å². The second kappa shape index (κ2) is 4.70. The second-order valence-corrected chi connectivity index (χ2v) is 8.49. The van der Waals surface area contributed by atoms with E-state index in [0.717, 1.165) is 0 Å². The van der Waals surface area contributed by atoms with Crippen molar-refractivity contribution in [1.29, 1.82) is 0 Å². The van der Waals surface area contributed by atoms with Crippen LogP contribution in [0.5, 0.6) is 0 Å².